The molecule has 0 spiro atoms. The topological polar surface area (TPSA) is 122 Å². The first-order valence-electron chi connectivity index (χ1n) is 11.2. The molecule has 1 unspecified atom stereocenters. The number of carbonyl (C=O) groups is 2. The Labute approximate surface area is 207 Å². The first-order chi connectivity index (χ1) is 16.8. The van der Waals surface area contributed by atoms with Gasteiger partial charge < -0.3 is 29.9 Å². The van der Waals surface area contributed by atoms with Crippen LogP contribution in [0.3, 0.4) is 0 Å². The minimum absolute atomic E-state index is 0.0173. The van der Waals surface area contributed by atoms with Gasteiger partial charge in [-0.3, -0.25) is 15.3 Å². The Morgan fingerprint density at radius 3 is 2.69 bits per heavy atom. The van der Waals surface area contributed by atoms with Crippen LogP contribution in [0.5, 0.6) is 11.5 Å². The summed E-state index contributed by atoms with van der Waals surface area (Å²) in [5.41, 5.74) is 8.28. The maximum atomic E-state index is 13.1. The van der Waals surface area contributed by atoms with Gasteiger partial charge in [0, 0.05) is 50.4 Å². The molecule has 3 aliphatic rings. The summed E-state index contributed by atoms with van der Waals surface area (Å²) in [6.07, 6.45) is 3.31. The van der Waals surface area contributed by atoms with E-state index in [-0.39, 0.29) is 18.6 Å². The van der Waals surface area contributed by atoms with Crippen molar-refractivity contribution >= 4 is 35.3 Å². The average Bonchev–Trinajstić information content (AvgIpc) is 3.35. The van der Waals surface area contributed by atoms with Crippen molar-refractivity contribution < 1.29 is 19.1 Å². The van der Waals surface area contributed by atoms with Crippen molar-refractivity contribution in [1.82, 2.24) is 15.1 Å². The van der Waals surface area contributed by atoms with Gasteiger partial charge in [0.2, 0.25) is 18.5 Å². The quantitative estimate of drug-likeness (QED) is 0.592. The van der Waals surface area contributed by atoms with Crippen molar-refractivity contribution in [3.63, 3.8) is 0 Å². The molecule has 3 heterocycles. The number of nitrogens with zero attached hydrogens (tertiary/aromatic N) is 3. The maximum absolute atomic E-state index is 13.1. The van der Waals surface area contributed by atoms with E-state index in [4.69, 9.17) is 26.8 Å². The van der Waals surface area contributed by atoms with Gasteiger partial charge in [0.05, 0.1) is 5.02 Å². The van der Waals surface area contributed by atoms with Crippen molar-refractivity contribution in [2.24, 2.45) is 10.7 Å². The fraction of sp³-hybridized carbons (Fsp3) is 0.292. The van der Waals surface area contributed by atoms with E-state index in [0.29, 0.717) is 65.3 Å². The molecule has 0 aromatic heterocycles. The summed E-state index contributed by atoms with van der Waals surface area (Å²) in [5, 5.41) is 6.85. The molecule has 10 nitrogen and oxygen atoms in total. The third-order valence-electron chi connectivity index (χ3n) is 6.15. The fourth-order valence-electron chi connectivity index (χ4n) is 4.22. The van der Waals surface area contributed by atoms with Gasteiger partial charge >= 0.3 is 0 Å². The van der Waals surface area contributed by atoms with Crippen LogP contribution in [0.2, 0.25) is 5.02 Å². The van der Waals surface area contributed by atoms with Gasteiger partial charge in [-0.15, -0.1) is 0 Å². The molecule has 2 aromatic carbocycles. The number of anilines is 1. The standard InChI is InChI=1S/C24H25ClN6O4/c1-15(32)30-9-11-31(12-10-30)23(33)16-3-2-4-17(13-16)24(26)27-8-7-20(29-24)28-21-18(25)5-6-19-22(21)35-14-34-19/h2-8,13,28-29H,9-12,14,26H2,1H3. The summed E-state index contributed by atoms with van der Waals surface area (Å²) < 4.78 is 11.0. The van der Waals surface area contributed by atoms with Gasteiger partial charge in [-0.05, 0) is 30.3 Å². The van der Waals surface area contributed by atoms with Crippen molar-refractivity contribution in [3.05, 3.63) is 64.4 Å². The molecule has 11 heteroatoms. The van der Waals surface area contributed by atoms with Crippen LogP contribution < -0.4 is 25.8 Å². The molecule has 2 aromatic rings. The summed E-state index contributed by atoms with van der Waals surface area (Å²) in [4.78, 5) is 32.6. The fourth-order valence-corrected chi connectivity index (χ4v) is 4.42. The molecule has 1 atom stereocenters. The van der Waals surface area contributed by atoms with Crippen LogP contribution in [-0.4, -0.2) is 60.8 Å². The highest BCUT2D eigenvalue weighted by atomic mass is 35.5. The summed E-state index contributed by atoms with van der Waals surface area (Å²) in [6.45, 7) is 3.66. The molecule has 5 rings (SSSR count). The number of hydrogen-bond donors (Lipinski definition) is 3. The Morgan fingerprint density at radius 1 is 1.14 bits per heavy atom. The third-order valence-corrected chi connectivity index (χ3v) is 6.47. The van der Waals surface area contributed by atoms with E-state index in [0.717, 1.165) is 0 Å². The predicted octanol–water partition coefficient (Wildman–Crippen LogP) is 2.07. The van der Waals surface area contributed by atoms with E-state index in [1.807, 2.05) is 6.07 Å². The molecular formula is C24H25ClN6O4. The third kappa shape index (κ3) is 4.50. The molecule has 0 aliphatic carbocycles. The number of nitrogens with two attached hydrogens (primary N) is 1. The SMILES string of the molecule is CC(=O)N1CCN(C(=O)c2cccc(C3(N)N=CC=C(Nc4c(Cl)ccc5c4OCO5)N3)c2)CC1. The Bertz CT molecular complexity index is 1240. The Kier molecular flexibility index (Phi) is 6.00. The zero-order valence-electron chi connectivity index (χ0n) is 19.1. The van der Waals surface area contributed by atoms with Crippen LogP contribution >= 0.6 is 11.6 Å². The van der Waals surface area contributed by atoms with E-state index in [1.165, 1.54) is 6.92 Å². The second kappa shape index (κ2) is 9.12. The number of carbonyl (C=O) groups excluding carboxylic acids is 2. The number of rotatable bonds is 4. The average molecular weight is 497 g/mol. The molecular weight excluding hydrogens is 472 g/mol. The van der Waals surface area contributed by atoms with Gasteiger partial charge in [0.25, 0.3) is 5.91 Å². The summed E-state index contributed by atoms with van der Waals surface area (Å²) >= 11 is 6.39. The molecule has 3 aliphatic heterocycles. The molecule has 2 amide bonds. The van der Waals surface area contributed by atoms with E-state index < -0.39 is 5.79 Å². The predicted molar refractivity (Wildman–Crippen MR) is 131 cm³/mol. The number of benzene rings is 2. The van der Waals surface area contributed by atoms with E-state index in [1.54, 1.807) is 52.4 Å². The number of piperazine rings is 1. The number of halogens is 1. The second-order valence-corrected chi connectivity index (χ2v) is 8.82. The molecule has 4 N–H and O–H groups in total. The molecule has 0 saturated carbocycles. The first-order valence-corrected chi connectivity index (χ1v) is 11.5. The monoisotopic (exact) mass is 496 g/mol. The lowest BCUT2D eigenvalue weighted by Crippen LogP contribution is -2.51. The Hall–Kier alpha value is -3.76. The van der Waals surface area contributed by atoms with Gasteiger partial charge in [-0.25, -0.2) is 4.99 Å². The van der Waals surface area contributed by atoms with Crippen molar-refractivity contribution in [2.75, 3.05) is 38.3 Å². The van der Waals surface area contributed by atoms with E-state index in [2.05, 4.69) is 15.6 Å². The lowest BCUT2D eigenvalue weighted by atomic mass is 10.0. The van der Waals surface area contributed by atoms with Crippen molar-refractivity contribution in [1.29, 1.82) is 0 Å². The van der Waals surface area contributed by atoms with E-state index in [9.17, 15) is 9.59 Å². The summed E-state index contributed by atoms with van der Waals surface area (Å²) in [5.74, 6) is 0.243. The Balaban J connectivity index is 1.32. The lowest BCUT2D eigenvalue weighted by Gasteiger charge is -2.35. The number of fused-ring (bicyclic) bond motifs is 1. The largest absolute Gasteiger partial charge is 0.454 e. The van der Waals surface area contributed by atoms with Crippen molar-refractivity contribution in [2.45, 2.75) is 12.7 Å². The summed E-state index contributed by atoms with van der Waals surface area (Å²) in [7, 11) is 0. The highest BCUT2D eigenvalue weighted by Gasteiger charge is 2.31. The minimum atomic E-state index is -1.32. The number of ether oxygens (including phenoxy) is 2. The van der Waals surface area contributed by atoms with Gasteiger partial charge in [-0.2, -0.15) is 0 Å². The molecule has 0 radical (unpaired) electrons. The Morgan fingerprint density at radius 2 is 1.91 bits per heavy atom. The van der Waals surface area contributed by atoms with Crippen molar-refractivity contribution in [3.8, 4) is 11.5 Å². The van der Waals surface area contributed by atoms with E-state index >= 15 is 0 Å². The number of hydrogen-bond acceptors (Lipinski definition) is 8. The molecule has 1 saturated heterocycles. The molecule has 0 bridgehead atoms. The molecule has 182 valence electrons. The van der Waals surface area contributed by atoms with Gasteiger partial charge in [0.15, 0.2) is 11.5 Å². The van der Waals surface area contributed by atoms with Crippen LogP contribution in [0.15, 0.2) is 53.3 Å². The molecule has 35 heavy (non-hydrogen) atoms. The number of nitrogens with one attached hydrogen (secondary N) is 2. The normalized spacial score (nSPS) is 20.8. The van der Waals surface area contributed by atoms with Gasteiger partial charge in [0.1, 0.15) is 11.5 Å². The lowest BCUT2D eigenvalue weighted by molar-refractivity contribution is -0.130. The zero-order valence-corrected chi connectivity index (χ0v) is 19.8. The number of allylic oxidation sites excluding steroid dienone is 1. The van der Waals surface area contributed by atoms with Crippen LogP contribution in [-0.2, 0) is 10.6 Å². The highest BCUT2D eigenvalue weighted by Crippen LogP contribution is 2.44. The highest BCUT2D eigenvalue weighted by molar-refractivity contribution is 6.33. The molecule has 1 fully saturated rings. The zero-order chi connectivity index (χ0) is 24.6. The number of aliphatic imine (C=N–C) groups is 1. The summed E-state index contributed by atoms with van der Waals surface area (Å²) in [6, 6.07) is 10.5. The minimum Gasteiger partial charge on any atom is -0.454 e. The first kappa shape index (κ1) is 23.0. The van der Waals surface area contributed by atoms with Crippen LogP contribution in [0, 0.1) is 0 Å². The maximum Gasteiger partial charge on any atom is 0.253 e. The second-order valence-electron chi connectivity index (χ2n) is 8.41. The van der Waals surface area contributed by atoms with Crippen LogP contribution in [0.25, 0.3) is 0 Å². The smallest absolute Gasteiger partial charge is 0.253 e. The van der Waals surface area contributed by atoms with Gasteiger partial charge in [-0.1, -0.05) is 23.7 Å². The number of amides is 2. The van der Waals surface area contributed by atoms with Crippen LogP contribution in [0.4, 0.5) is 5.69 Å². The van der Waals surface area contributed by atoms with Crippen LogP contribution in [0.1, 0.15) is 22.8 Å².